The first-order chi connectivity index (χ1) is 10.0. The van der Waals surface area contributed by atoms with Gasteiger partial charge in [0.2, 0.25) is 5.91 Å². The van der Waals surface area contributed by atoms with Crippen LogP contribution in [0.3, 0.4) is 0 Å². The van der Waals surface area contributed by atoms with Crippen molar-refractivity contribution in [1.29, 1.82) is 0 Å². The fraction of sp³-hybridized carbons (Fsp3) is 0.412. The van der Waals surface area contributed by atoms with E-state index < -0.39 is 17.8 Å². The van der Waals surface area contributed by atoms with Crippen molar-refractivity contribution in [2.75, 3.05) is 5.32 Å². The molecule has 0 aliphatic heterocycles. The summed E-state index contributed by atoms with van der Waals surface area (Å²) in [4.78, 5) is 23.7. The molecule has 1 aromatic rings. The summed E-state index contributed by atoms with van der Waals surface area (Å²) in [5.41, 5.74) is 2.95. The van der Waals surface area contributed by atoms with Crippen molar-refractivity contribution >= 4 is 17.6 Å². The molecule has 0 aromatic heterocycles. The molecule has 1 aromatic carbocycles. The number of hydrogen-bond acceptors (Lipinski definition) is 2. The minimum atomic E-state index is -0.902. The van der Waals surface area contributed by atoms with Crippen molar-refractivity contribution < 1.29 is 14.7 Å². The van der Waals surface area contributed by atoms with Crippen LogP contribution in [0.2, 0.25) is 0 Å². The van der Waals surface area contributed by atoms with Crippen molar-refractivity contribution in [3.05, 3.63) is 41.5 Å². The highest BCUT2D eigenvalue weighted by Gasteiger charge is 2.35. The van der Waals surface area contributed by atoms with E-state index in [4.69, 9.17) is 0 Å². The van der Waals surface area contributed by atoms with Gasteiger partial charge in [-0.15, -0.1) is 0 Å². The highest BCUT2D eigenvalue weighted by atomic mass is 16.4. The minimum Gasteiger partial charge on any atom is -0.481 e. The quantitative estimate of drug-likeness (QED) is 0.835. The van der Waals surface area contributed by atoms with Gasteiger partial charge < -0.3 is 10.4 Å². The van der Waals surface area contributed by atoms with Crippen molar-refractivity contribution in [2.45, 2.75) is 33.1 Å². The van der Waals surface area contributed by atoms with Crippen LogP contribution in [0.5, 0.6) is 0 Å². The van der Waals surface area contributed by atoms with Gasteiger partial charge in [0.15, 0.2) is 0 Å². The second kappa shape index (κ2) is 6.57. The third kappa shape index (κ3) is 3.72. The summed E-state index contributed by atoms with van der Waals surface area (Å²) in [6.45, 7) is 3.99. The van der Waals surface area contributed by atoms with Crippen molar-refractivity contribution in [2.24, 2.45) is 11.8 Å². The number of rotatable bonds is 4. The molecule has 0 bridgehead atoms. The Hall–Kier alpha value is -2.10. The van der Waals surface area contributed by atoms with Gasteiger partial charge in [0.1, 0.15) is 0 Å². The second-order valence-corrected chi connectivity index (χ2v) is 5.58. The normalized spacial score (nSPS) is 21.5. The van der Waals surface area contributed by atoms with E-state index in [9.17, 15) is 14.7 Å². The average molecular weight is 287 g/mol. The summed E-state index contributed by atoms with van der Waals surface area (Å²) in [6.07, 6.45) is 3.75. The van der Waals surface area contributed by atoms with Gasteiger partial charge >= 0.3 is 5.97 Å². The molecule has 2 N–H and O–H groups in total. The molecule has 4 nitrogen and oxygen atoms in total. The van der Waals surface area contributed by atoms with E-state index >= 15 is 0 Å². The lowest BCUT2D eigenvalue weighted by Gasteiger charge is -2.26. The van der Waals surface area contributed by atoms with Crippen LogP contribution in [-0.4, -0.2) is 17.0 Å². The molecule has 4 heteroatoms. The third-order valence-electron chi connectivity index (χ3n) is 4.00. The molecule has 1 amide bonds. The zero-order valence-electron chi connectivity index (χ0n) is 12.4. The van der Waals surface area contributed by atoms with Crippen LogP contribution in [0, 0.1) is 11.8 Å². The molecule has 0 radical (unpaired) electrons. The predicted molar refractivity (Wildman–Crippen MR) is 82.1 cm³/mol. The molecule has 0 heterocycles. The lowest BCUT2D eigenvalue weighted by Crippen LogP contribution is -2.35. The predicted octanol–water partition coefficient (Wildman–Crippen LogP) is 3.24. The Morgan fingerprint density at radius 3 is 2.76 bits per heavy atom. The van der Waals surface area contributed by atoms with E-state index in [1.807, 2.05) is 37.3 Å². The summed E-state index contributed by atoms with van der Waals surface area (Å²) in [6, 6.07) is 7.66. The molecular weight excluding hydrogens is 266 g/mol. The van der Waals surface area contributed by atoms with Crippen LogP contribution in [0.25, 0.3) is 0 Å². The molecule has 0 fully saturated rings. The molecular formula is C17H21NO3. The lowest BCUT2D eigenvalue weighted by molar-refractivity contribution is -0.146. The number of amides is 1. The first-order valence-corrected chi connectivity index (χ1v) is 7.29. The van der Waals surface area contributed by atoms with E-state index in [1.54, 1.807) is 0 Å². The van der Waals surface area contributed by atoms with E-state index in [0.717, 1.165) is 23.2 Å². The number of aliphatic carboxylic acids is 1. The summed E-state index contributed by atoms with van der Waals surface area (Å²) in [7, 11) is 0. The molecule has 0 saturated carbocycles. The fourth-order valence-electron chi connectivity index (χ4n) is 2.72. The number of carboxylic acid groups (broad SMARTS) is 1. The molecule has 112 valence electrons. The molecule has 2 rings (SSSR count). The van der Waals surface area contributed by atoms with E-state index in [0.29, 0.717) is 12.8 Å². The second-order valence-electron chi connectivity index (χ2n) is 5.58. The summed E-state index contributed by atoms with van der Waals surface area (Å²) >= 11 is 0. The fourth-order valence-corrected chi connectivity index (χ4v) is 2.72. The number of aryl methyl sites for hydroxylation is 1. The summed E-state index contributed by atoms with van der Waals surface area (Å²) in [5.74, 6) is -2.25. The van der Waals surface area contributed by atoms with E-state index in [1.165, 1.54) is 0 Å². The number of allylic oxidation sites excluding steroid dienone is 2. The minimum absolute atomic E-state index is 0.205. The number of carboxylic acids is 1. The number of hydrogen-bond donors (Lipinski definition) is 2. The van der Waals surface area contributed by atoms with Crippen molar-refractivity contribution in [3.8, 4) is 0 Å². The highest BCUT2D eigenvalue weighted by Crippen LogP contribution is 2.31. The Labute approximate surface area is 124 Å². The number of anilines is 1. The summed E-state index contributed by atoms with van der Waals surface area (Å²) in [5, 5.41) is 12.1. The number of nitrogens with one attached hydrogen (secondary N) is 1. The highest BCUT2D eigenvalue weighted by molar-refractivity contribution is 5.95. The first kappa shape index (κ1) is 15.3. The molecule has 1 aliphatic rings. The van der Waals surface area contributed by atoms with Crippen LogP contribution in [0.15, 0.2) is 35.9 Å². The zero-order chi connectivity index (χ0) is 15.4. The van der Waals surface area contributed by atoms with Gasteiger partial charge in [-0.05, 0) is 43.9 Å². The Morgan fingerprint density at radius 1 is 1.33 bits per heavy atom. The lowest BCUT2D eigenvalue weighted by atomic mass is 9.79. The maximum absolute atomic E-state index is 12.4. The van der Waals surface area contributed by atoms with Crippen LogP contribution < -0.4 is 5.32 Å². The smallest absolute Gasteiger partial charge is 0.307 e. The SMILES string of the molecule is CCc1cccc(NC(=O)C2CC(C)=CCC2C(=O)O)c1. The van der Waals surface area contributed by atoms with Gasteiger partial charge in [0.25, 0.3) is 0 Å². The van der Waals surface area contributed by atoms with Crippen LogP contribution in [-0.2, 0) is 16.0 Å². The van der Waals surface area contributed by atoms with Crippen LogP contribution >= 0.6 is 0 Å². The zero-order valence-corrected chi connectivity index (χ0v) is 12.4. The number of carbonyl (C=O) groups excluding carboxylic acids is 1. The average Bonchev–Trinajstić information content (AvgIpc) is 2.47. The van der Waals surface area contributed by atoms with Crippen LogP contribution in [0.4, 0.5) is 5.69 Å². The number of benzene rings is 1. The molecule has 0 spiro atoms. The van der Waals surface area contributed by atoms with Gasteiger partial charge in [-0.25, -0.2) is 0 Å². The molecule has 2 atom stereocenters. The van der Waals surface area contributed by atoms with Gasteiger partial charge in [-0.1, -0.05) is 30.7 Å². The summed E-state index contributed by atoms with van der Waals surface area (Å²) < 4.78 is 0. The Bertz CT molecular complexity index is 577. The molecule has 1 aliphatic carbocycles. The third-order valence-corrected chi connectivity index (χ3v) is 4.00. The Morgan fingerprint density at radius 2 is 2.10 bits per heavy atom. The Kier molecular flexibility index (Phi) is 4.78. The molecule has 0 saturated heterocycles. The van der Waals surface area contributed by atoms with Crippen molar-refractivity contribution in [1.82, 2.24) is 0 Å². The molecule has 21 heavy (non-hydrogen) atoms. The maximum atomic E-state index is 12.4. The van der Waals surface area contributed by atoms with Gasteiger partial charge in [-0.2, -0.15) is 0 Å². The number of carbonyl (C=O) groups is 2. The van der Waals surface area contributed by atoms with E-state index in [2.05, 4.69) is 12.2 Å². The monoisotopic (exact) mass is 287 g/mol. The van der Waals surface area contributed by atoms with Gasteiger partial charge in [-0.3, -0.25) is 9.59 Å². The maximum Gasteiger partial charge on any atom is 0.307 e. The van der Waals surface area contributed by atoms with Crippen LogP contribution in [0.1, 0.15) is 32.3 Å². The standard InChI is InChI=1S/C17H21NO3/c1-3-12-5-4-6-13(10-12)18-16(19)15-9-11(2)7-8-14(15)17(20)21/h4-7,10,14-15H,3,8-9H2,1-2H3,(H,18,19)(H,20,21). The van der Waals surface area contributed by atoms with Gasteiger partial charge in [0, 0.05) is 5.69 Å². The topological polar surface area (TPSA) is 66.4 Å². The van der Waals surface area contributed by atoms with E-state index in [-0.39, 0.29) is 5.91 Å². The molecule has 2 unspecified atom stereocenters. The Balaban J connectivity index is 2.14. The first-order valence-electron chi connectivity index (χ1n) is 7.29. The largest absolute Gasteiger partial charge is 0.481 e. The van der Waals surface area contributed by atoms with Crippen molar-refractivity contribution in [3.63, 3.8) is 0 Å². The van der Waals surface area contributed by atoms with Gasteiger partial charge in [0.05, 0.1) is 11.8 Å².